The van der Waals surface area contributed by atoms with E-state index in [-0.39, 0.29) is 17.6 Å². The zero-order valence-electron chi connectivity index (χ0n) is 16.4. The fourth-order valence-corrected chi connectivity index (χ4v) is 2.96. The molecule has 0 N–H and O–H groups in total. The van der Waals surface area contributed by atoms with Gasteiger partial charge in [-0.15, -0.1) is 0 Å². The Morgan fingerprint density at radius 1 is 1.00 bits per heavy atom. The minimum Gasteiger partial charge on any atom is -0.496 e. The van der Waals surface area contributed by atoms with E-state index in [0.717, 1.165) is 11.1 Å². The Labute approximate surface area is 155 Å². The quantitative estimate of drug-likeness (QED) is 0.709. The number of hydrogen-bond donors (Lipinski definition) is 0. The molecule has 0 fully saturated rings. The van der Waals surface area contributed by atoms with E-state index in [1.165, 1.54) is 12.5 Å². The molecule has 0 aromatic heterocycles. The molecule has 138 valence electrons. The number of aryl methyl sites for hydroxylation is 2. The average molecular weight is 353 g/mol. The third-order valence-electron chi connectivity index (χ3n) is 4.82. The maximum Gasteiger partial charge on any atom is 0.180 e. The third kappa shape index (κ3) is 4.38. The van der Waals surface area contributed by atoms with Crippen molar-refractivity contribution in [3.05, 3.63) is 64.2 Å². The largest absolute Gasteiger partial charge is 0.496 e. The number of benzene rings is 2. The second-order valence-corrected chi connectivity index (χ2v) is 6.93. The molecule has 0 saturated carbocycles. The predicted octanol–water partition coefficient (Wildman–Crippen LogP) is 3.87. The number of methoxy groups -OCH3 is 1. The van der Waals surface area contributed by atoms with Gasteiger partial charge in [-0.2, -0.15) is 0 Å². The van der Waals surface area contributed by atoms with E-state index in [2.05, 4.69) is 0 Å². The highest BCUT2D eigenvalue weighted by molar-refractivity contribution is 6.00. The maximum absolute atomic E-state index is 13.1. The van der Waals surface area contributed by atoms with Crippen LogP contribution in [0.15, 0.2) is 36.4 Å². The number of ketones is 2. The van der Waals surface area contributed by atoms with Gasteiger partial charge in [0.15, 0.2) is 11.6 Å². The Bertz CT molecular complexity index is 824. The van der Waals surface area contributed by atoms with Crippen LogP contribution < -0.4 is 4.74 Å². The van der Waals surface area contributed by atoms with Gasteiger partial charge in [0.2, 0.25) is 0 Å². The molecular weight excluding hydrogens is 326 g/mol. The summed E-state index contributed by atoms with van der Waals surface area (Å²) in [6.07, 6.45) is 0.475. The van der Waals surface area contributed by atoms with Gasteiger partial charge >= 0.3 is 0 Å². The SMILES string of the molecule is COc1ccc(C(C)=O)cc1C[C@H](C(=O)c1ccc(C)c(C)c1)N(C)C. The number of Topliss-reactive ketones (excluding diaryl/α,β-unsaturated/α-hetero) is 2. The topological polar surface area (TPSA) is 46.6 Å². The van der Waals surface area contributed by atoms with Gasteiger partial charge in [0.05, 0.1) is 13.2 Å². The highest BCUT2D eigenvalue weighted by Crippen LogP contribution is 2.24. The van der Waals surface area contributed by atoms with Gasteiger partial charge in [-0.1, -0.05) is 12.1 Å². The lowest BCUT2D eigenvalue weighted by atomic mass is 9.93. The molecule has 4 nitrogen and oxygen atoms in total. The molecule has 0 unspecified atom stereocenters. The van der Waals surface area contributed by atoms with Gasteiger partial charge in [0.1, 0.15) is 5.75 Å². The summed E-state index contributed by atoms with van der Waals surface area (Å²) in [5.41, 5.74) is 4.45. The Morgan fingerprint density at radius 2 is 1.65 bits per heavy atom. The van der Waals surface area contributed by atoms with E-state index in [9.17, 15) is 9.59 Å². The summed E-state index contributed by atoms with van der Waals surface area (Å²) in [7, 11) is 5.39. The lowest BCUT2D eigenvalue weighted by Crippen LogP contribution is -2.38. The number of carbonyl (C=O) groups excluding carboxylic acids is 2. The first kappa shape index (κ1) is 19.9. The maximum atomic E-state index is 13.1. The Morgan fingerprint density at radius 3 is 2.19 bits per heavy atom. The molecule has 0 spiro atoms. The number of hydrogen-bond acceptors (Lipinski definition) is 4. The molecule has 0 aliphatic rings. The summed E-state index contributed by atoms with van der Waals surface area (Å²) >= 11 is 0. The van der Waals surface area contributed by atoms with Crippen LogP contribution in [-0.2, 0) is 6.42 Å². The molecule has 26 heavy (non-hydrogen) atoms. The monoisotopic (exact) mass is 353 g/mol. The van der Waals surface area contributed by atoms with Crippen molar-refractivity contribution in [2.24, 2.45) is 0 Å². The summed E-state index contributed by atoms with van der Waals surface area (Å²) in [5, 5.41) is 0. The molecule has 1 atom stereocenters. The van der Waals surface area contributed by atoms with Gasteiger partial charge in [-0.05, 0) is 82.2 Å². The lowest BCUT2D eigenvalue weighted by molar-refractivity contribution is 0.0874. The molecule has 2 aromatic carbocycles. The number of rotatable bonds is 7. The van der Waals surface area contributed by atoms with Crippen LogP contribution in [0.1, 0.15) is 44.3 Å². The van der Waals surface area contributed by atoms with Crippen LogP contribution in [0, 0.1) is 13.8 Å². The summed E-state index contributed by atoms with van der Waals surface area (Å²) in [5.74, 6) is 0.749. The fourth-order valence-electron chi connectivity index (χ4n) is 2.96. The van der Waals surface area contributed by atoms with Crippen molar-refractivity contribution >= 4 is 11.6 Å². The second-order valence-electron chi connectivity index (χ2n) is 6.93. The highest BCUT2D eigenvalue weighted by Gasteiger charge is 2.24. The number of likely N-dealkylation sites (N-methyl/N-ethyl adjacent to an activating group) is 1. The normalized spacial score (nSPS) is 12.1. The van der Waals surface area contributed by atoms with Crippen molar-refractivity contribution in [1.82, 2.24) is 4.90 Å². The number of carbonyl (C=O) groups is 2. The molecule has 0 heterocycles. The molecular formula is C22H27NO3. The number of ether oxygens (including phenoxy) is 1. The molecule has 2 rings (SSSR count). The van der Waals surface area contributed by atoms with Crippen LogP contribution in [0.25, 0.3) is 0 Å². The van der Waals surface area contributed by atoms with E-state index in [0.29, 0.717) is 23.3 Å². The first-order valence-corrected chi connectivity index (χ1v) is 8.70. The van der Waals surface area contributed by atoms with Crippen LogP contribution in [0.2, 0.25) is 0 Å². The van der Waals surface area contributed by atoms with Crippen LogP contribution in [-0.4, -0.2) is 43.7 Å². The van der Waals surface area contributed by atoms with Gasteiger partial charge < -0.3 is 4.74 Å². The van der Waals surface area contributed by atoms with Crippen molar-refractivity contribution in [2.75, 3.05) is 21.2 Å². The molecule has 0 saturated heterocycles. The van der Waals surface area contributed by atoms with Gasteiger partial charge in [0.25, 0.3) is 0 Å². The zero-order valence-corrected chi connectivity index (χ0v) is 16.4. The molecule has 0 radical (unpaired) electrons. The van der Waals surface area contributed by atoms with Crippen molar-refractivity contribution in [3.8, 4) is 5.75 Å². The van der Waals surface area contributed by atoms with Gasteiger partial charge in [0, 0.05) is 11.1 Å². The Kier molecular flexibility index (Phi) is 6.32. The zero-order chi connectivity index (χ0) is 19.4. The molecule has 2 aromatic rings. The smallest absolute Gasteiger partial charge is 0.180 e. The predicted molar refractivity (Wildman–Crippen MR) is 104 cm³/mol. The number of nitrogens with zero attached hydrogens (tertiary/aromatic N) is 1. The van der Waals surface area contributed by atoms with E-state index >= 15 is 0 Å². The lowest BCUT2D eigenvalue weighted by Gasteiger charge is -2.24. The van der Waals surface area contributed by atoms with Crippen LogP contribution in [0.5, 0.6) is 5.75 Å². The minimum absolute atomic E-state index is 0.00390. The van der Waals surface area contributed by atoms with E-state index < -0.39 is 0 Å². The highest BCUT2D eigenvalue weighted by atomic mass is 16.5. The van der Waals surface area contributed by atoms with E-state index in [4.69, 9.17) is 4.74 Å². The molecule has 4 heteroatoms. The van der Waals surface area contributed by atoms with E-state index in [1.807, 2.05) is 57.1 Å². The molecule has 0 bridgehead atoms. The van der Waals surface area contributed by atoms with Crippen LogP contribution in [0.3, 0.4) is 0 Å². The molecule has 0 aliphatic heterocycles. The summed E-state index contributed by atoms with van der Waals surface area (Å²) in [6, 6.07) is 10.8. The average Bonchev–Trinajstić information content (AvgIpc) is 2.60. The fraction of sp³-hybridized carbons (Fsp3) is 0.364. The van der Waals surface area contributed by atoms with Crippen molar-refractivity contribution in [2.45, 2.75) is 33.2 Å². The van der Waals surface area contributed by atoms with Gasteiger partial charge in [-0.3, -0.25) is 14.5 Å². The van der Waals surface area contributed by atoms with Crippen LogP contribution in [0.4, 0.5) is 0 Å². The molecule has 0 amide bonds. The molecule has 0 aliphatic carbocycles. The van der Waals surface area contributed by atoms with Crippen molar-refractivity contribution in [3.63, 3.8) is 0 Å². The van der Waals surface area contributed by atoms with Crippen molar-refractivity contribution < 1.29 is 14.3 Å². The van der Waals surface area contributed by atoms with Gasteiger partial charge in [-0.25, -0.2) is 0 Å². The van der Waals surface area contributed by atoms with Crippen LogP contribution >= 0.6 is 0 Å². The first-order valence-electron chi connectivity index (χ1n) is 8.70. The summed E-state index contributed by atoms with van der Waals surface area (Å²) in [6.45, 7) is 5.58. The standard InChI is InChI=1S/C22H27NO3/c1-14-7-8-18(11-15(14)2)22(25)20(23(4)5)13-19-12-17(16(3)24)9-10-21(19)26-6/h7-12,20H,13H2,1-6H3/t20-/m1/s1. The Hall–Kier alpha value is -2.46. The first-order chi connectivity index (χ1) is 12.2. The minimum atomic E-state index is -0.340. The summed E-state index contributed by atoms with van der Waals surface area (Å²) in [4.78, 5) is 26.8. The second kappa shape index (κ2) is 8.28. The van der Waals surface area contributed by atoms with Crippen molar-refractivity contribution in [1.29, 1.82) is 0 Å². The third-order valence-corrected chi connectivity index (χ3v) is 4.82. The summed E-state index contributed by atoms with van der Waals surface area (Å²) < 4.78 is 5.44. The van der Waals surface area contributed by atoms with E-state index in [1.54, 1.807) is 19.2 Å². The Balaban J connectivity index is 2.39.